The molecular formula is C14H20N6S. The Morgan fingerprint density at radius 3 is 2.95 bits per heavy atom. The van der Waals surface area contributed by atoms with E-state index in [0.717, 1.165) is 28.6 Å². The molecule has 0 aliphatic heterocycles. The van der Waals surface area contributed by atoms with Crippen molar-refractivity contribution in [3.63, 3.8) is 0 Å². The third-order valence-electron chi connectivity index (χ3n) is 3.65. The topological polar surface area (TPSA) is 82.5 Å². The Labute approximate surface area is 128 Å². The van der Waals surface area contributed by atoms with Crippen molar-refractivity contribution in [1.82, 2.24) is 25.2 Å². The van der Waals surface area contributed by atoms with E-state index >= 15 is 0 Å². The third-order valence-corrected chi connectivity index (χ3v) is 4.72. The minimum Gasteiger partial charge on any atom is -0.327 e. The molecule has 2 aromatic heterocycles. The predicted molar refractivity (Wildman–Crippen MR) is 81.2 cm³/mol. The quantitative estimate of drug-likeness (QED) is 0.880. The lowest BCUT2D eigenvalue weighted by atomic mass is 10.1. The van der Waals surface area contributed by atoms with Crippen molar-refractivity contribution in [2.24, 2.45) is 5.73 Å². The predicted octanol–water partition coefficient (Wildman–Crippen LogP) is 2.14. The van der Waals surface area contributed by atoms with E-state index in [-0.39, 0.29) is 6.04 Å². The first-order valence-corrected chi connectivity index (χ1v) is 8.15. The van der Waals surface area contributed by atoms with E-state index in [1.54, 1.807) is 0 Å². The molecule has 1 fully saturated rings. The molecule has 1 saturated carbocycles. The molecule has 6 nitrogen and oxygen atoms in total. The number of nitrogens with zero attached hydrogens (tertiary/aromatic N) is 5. The molecule has 1 aliphatic carbocycles. The molecule has 0 bridgehead atoms. The maximum absolute atomic E-state index is 6.00. The van der Waals surface area contributed by atoms with Gasteiger partial charge in [-0.2, -0.15) is 0 Å². The molecule has 0 aromatic carbocycles. The van der Waals surface area contributed by atoms with Crippen LogP contribution in [-0.2, 0) is 6.42 Å². The fraction of sp³-hybridized carbons (Fsp3) is 0.571. The highest BCUT2D eigenvalue weighted by atomic mass is 32.2. The maximum atomic E-state index is 6.00. The van der Waals surface area contributed by atoms with Crippen LogP contribution < -0.4 is 5.73 Å². The van der Waals surface area contributed by atoms with Crippen LogP contribution in [0.15, 0.2) is 22.4 Å². The SMILES string of the molecule is CCC(N)Cc1cnc(Sc2nnnn2C2CC2)c(C)c1. The molecule has 0 radical (unpaired) electrons. The van der Waals surface area contributed by atoms with E-state index < -0.39 is 0 Å². The van der Waals surface area contributed by atoms with Crippen LogP contribution in [0.4, 0.5) is 0 Å². The van der Waals surface area contributed by atoms with Gasteiger partial charge < -0.3 is 5.73 Å². The van der Waals surface area contributed by atoms with Crippen molar-refractivity contribution in [2.75, 3.05) is 0 Å². The van der Waals surface area contributed by atoms with Gasteiger partial charge in [-0.3, -0.25) is 0 Å². The molecule has 0 saturated heterocycles. The summed E-state index contributed by atoms with van der Waals surface area (Å²) in [7, 11) is 0. The smallest absolute Gasteiger partial charge is 0.215 e. The Kier molecular flexibility index (Phi) is 4.21. The number of pyridine rings is 1. The summed E-state index contributed by atoms with van der Waals surface area (Å²) in [6.07, 6.45) is 6.09. The minimum absolute atomic E-state index is 0.201. The summed E-state index contributed by atoms with van der Waals surface area (Å²) >= 11 is 1.53. The van der Waals surface area contributed by atoms with Crippen molar-refractivity contribution in [3.8, 4) is 0 Å². The summed E-state index contributed by atoms with van der Waals surface area (Å²) in [6.45, 7) is 4.18. The van der Waals surface area contributed by atoms with E-state index in [4.69, 9.17) is 5.73 Å². The average molecular weight is 304 g/mol. The maximum Gasteiger partial charge on any atom is 0.215 e. The second kappa shape index (κ2) is 6.11. The van der Waals surface area contributed by atoms with Crippen molar-refractivity contribution in [3.05, 3.63) is 23.4 Å². The molecule has 2 heterocycles. The van der Waals surface area contributed by atoms with Crippen LogP contribution in [0.1, 0.15) is 43.4 Å². The van der Waals surface area contributed by atoms with Crippen molar-refractivity contribution < 1.29 is 0 Å². The number of hydrogen-bond acceptors (Lipinski definition) is 6. The summed E-state index contributed by atoms with van der Waals surface area (Å²) in [6, 6.07) is 2.84. The summed E-state index contributed by atoms with van der Waals surface area (Å²) in [4.78, 5) is 4.56. The van der Waals surface area contributed by atoms with Gasteiger partial charge in [0.2, 0.25) is 5.16 Å². The Balaban J connectivity index is 1.75. The highest BCUT2D eigenvalue weighted by molar-refractivity contribution is 7.99. The molecular weight excluding hydrogens is 284 g/mol. The van der Waals surface area contributed by atoms with Crippen LogP contribution in [0, 0.1) is 6.92 Å². The first-order valence-electron chi connectivity index (χ1n) is 7.34. The van der Waals surface area contributed by atoms with Crippen LogP contribution >= 0.6 is 11.8 Å². The second-order valence-corrected chi connectivity index (χ2v) is 6.53. The zero-order valence-electron chi connectivity index (χ0n) is 12.4. The lowest BCUT2D eigenvalue weighted by molar-refractivity contribution is 0.565. The van der Waals surface area contributed by atoms with Gasteiger partial charge in [0, 0.05) is 12.2 Å². The largest absolute Gasteiger partial charge is 0.327 e. The zero-order chi connectivity index (χ0) is 14.8. The van der Waals surface area contributed by atoms with Crippen LogP contribution in [0.3, 0.4) is 0 Å². The van der Waals surface area contributed by atoms with Gasteiger partial charge in [-0.1, -0.05) is 13.0 Å². The molecule has 7 heteroatoms. The van der Waals surface area contributed by atoms with Crippen molar-refractivity contribution >= 4 is 11.8 Å². The van der Waals surface area contributed by atoms with Crippen LogP contribution in [0.5, 0.6) is 0 Å². The normalized spacial score (nSPS) is 16.1. The number of nitrogens with two attached hydrogens (primary N) is 1. The van der Waals surface area contributed by atoms with Crippen LogP contribution in [-0.4, -0.2) is 31.2 Å². The fourth-order valence-corrected chi connectivity index (χ4v) is 3.03. The second-order valence-electron chi connectivity index (χ2n) is 5.58. The average Bonchev–Trinajstić information content (AvgIpc) is 3.21. The first-order chi connectivity index (χ1) is 10.2. The molecule has 1 unspecified atom stereocenters. The van der Waals surface area contributed by atoms with Gasteiger partial charge in [-0.25, -0.2) is 9.67 Å². The Bertz CT molecular complexity index is 622. The summed E-state index contributed by atoms with van der Waals surface area (Å²) in [5.41, 5.74) is 8.33. The van der Waals surface area contributed by atoms with Gasteiger partial charge in [0.1, 0.15) is 5.03 Å². The molecule has 2 N–H and O–H groups in total. The van der Waals surface area contributed by atoms with E-state index in [2.05, 4.69) is 40.4 Å². The number of aromatic nitrogens is 5. The van der Waals surface area contributed by atoms with Gasteiger partial charge in [0.05, 0.1) is 6.04 Å². The highest BCUT2D eigenvalue weighted by Gasteiger charge is 2.28. The molecule has 3 rings (SSSR count). The van der Waals surface area contributed by atoms with E-state index in [9.17, 15) is 0 Å². The number of hydrogen-bond donors (Lipinski definition) is 1. The monoisotopic (exact) mass is 304 g/mol. The van der Waals surface area contributed by atoms with Gasteiger partial charge in [-0.05, 0) is 65.9 Å². The Hall–Kier alpha value is -1.47. The summed E-state index contributed by atoms with van der Waals surface area (Å²) in [5.74, 6) is 0. The summed E-state index contributed by atoms with van der Waals surface area (Å²) in [5, 5.41) is 13.7. The van der Waals surface area contributed by atoms with Gasteiger partial charge in [0.25, 0.3) is 0 Å². The Morgan fingerprint density at radius 2 is 2.29 bits per heavy atom. The molecule has 0 spiro atoms. The molecule has 2 aromatic rings. The zero-order valence-corrected chi connectivity index (χ0v) is 13.2. The standard InChI is InChI=1S/C14H20N6S/c1-3-11(15)7-10-6-9(2)13(16-8-10)21-14-17-18-19-20(14)12-4-5-12/h6,8,11-12H,3-5,7,15H2,1-2H3. The van der Waals surface area contributed by atoms with Crippen LogP contribution in [0.2, 0.25) is 0 Å². The highest BCUT2D eigenvalue weighted by Crippen LogP contribution is 2.38. The molecule has 21 heavy (non-hydrogen) atoms. The van der Waals surface area contributed by atoms with Gasteiger partial charge >= 0.3 is 0 Å². The lowest BCUT2D eigenvalue weighted by Crippen LogP contribution is -2.21. The third kappa shape index (κ3) is 3.41. The number of tetrazole rings is 1. The van der Waals surface area contributed by atoms with Crippen molar-refractivity contribution in [1.29, 1.82) is 0 Å². The van der Waals surface area contributed by atoms with E-state index in [0.29, 0.717) is 6.04 Å². The molecule has 1 aliphatic rings. The molecule has 1 atom stereocenters. The summed E-state index contributed by atoms with van der Waals surface area (Å²) < 4.78 is 1.91. The Morgan fingerprint density at radius 1 is 1.48 bits per heavy atom. The van der Waals surface area contributed by atoms with Crippen molar-refractivity contribution in [2.45, 2.75) is 61.8 Å². The molecule has 0 amide bonds. The number of aryl methyl sites for hydroxylation is 1. The molecule has 112 valence electrons. The first kappa shape index (κ1) is 14.5. The van der Waals surface area contributed by atoms with E-state index in [1.165, 1.54) is 30.2 Å². The number of rotatable bonds is 6. The minimum atomic E-state index is 0.201. The van der Waals surface area contributed by atoms with E-state index in [1.807, 2.05) is 10.9 Å². The van der Waals surface area contributed by atoms with Gasteiger partial charge in [-0.15, -0.1) is 5.10 Å². The van der Waals surface area contributed by atoms with Gasteiger partial charge in [0.15, 0.2) is 0 Å². The fourth-order valence-electron chi connectivity index (χ4n) is 2.17. The lowest BCUT2D eigenvalue weighted by Gasteiger charge is -2.10. The van der Waals surface area contributed by atoms with Crippen LogP contribution in [0.25, 0.3) is 0 Å².